The van der Waals surface area contributed by atoms with Crippen LogP contribution in [0.3, 0.4) is 0 Å². The third kappa shape index (κ3) is 4.22. The maximum absolute atomic E-state index is 5.75. The van der Waals surface area contributed by atoms with Gasteiger partial charge in [-0.2, -0.15) is 0 Å². The van der Waals surface area contributed by atoms with Crippen molar-refractivity contribution < 1.29 is 4.74 Å². The number of halogens is 1. The van der Waals surface area contributed by atoms with Gasteiger partial charge in [0.05, 0.1) is 23.2 Å². The SMILES string of the molecule is Cc1ccc(OCCCc2nc(CCl)cs2)cc1C. The van der Waals surface area contributed by atoms with E-state index in [-0.39, 0.29) is 0 Å². The molecule has 0 unspecified atom stereocenters. The lowest BCUT2D eigenvalue weighted by Crippen LogP contribution is -2.00. The second-order valence-electron chi connectivity index (χ2n) is 4.56. The Bertz CT molecular complexity index is 539. The van der Waals surface area contributed by atoms with E-state index in [0.29, 0.717) is 5.88 Å². The molecule has 0 bridgehead atoms. The summed E-state index contributed by atoms with van der Waals surface area (Å²) in [6, 6.07) is 6.21. The second-order valence-corrected chi connectivity index (χ2v) is 5.77. The number of aryl methyl sites for hydroxylation is 3. The minimum Gasteiger partial charge on any atom is -0.494 e. The molecule has 102 valence electrons. The molecule has 1 aromatic heterocycles. The van der Waals surface area contributed by atoms with E-state index in [4.69, 9.17) is 16.3 Å². The van der Waals surface area contributed by atoms with Gasteiger partial charge in [-0.3, -0.25) is 0 Å². The van der Waals surface area contributed by atoms with Crippen molar-refractivity contribution in [3.63, 3.8) is 0 Å². The molecule has 0 saturated carbocycles. The topological polar surface area (TPSA) is 22.1 Å². The van der Waals surface area contributed by atoms with E-state index in [2.05, 4.69) is 31.0 Å². The van der Waals surface area contributed by atoms with Crippen LogP contribution in [0.5, 0.6) is 5.75 Å². The zero-order chi connectivity index (χ0) is 13.7. The number of rotatable bonds is 6. The van der Waals surface area contributed by atoms with Gasteiger partial charge in [0.2, 0.25) is 0 Å². The van der Waals surface area contributed by atoms with Gasteiger partial charge in [0.25, 0.3) is 0 Å². The molecular weight excluding hydrogens is 278 g/mol. The number of thiazole rings is 1. The van der Waals surface area contributed by atoms with Gasteiger partial charge in [0, 0.05) is 11.8 Å². The normalized spacial score (nSPS) is 10.7. The number of aromatic nitrogens is 1. The van der Waals surface area contributed by atoms with Crippen LogP contribution >= 0.6 is 22.9 Å². The molecular formula is C15H18ClNOS. The van der Waals surface area contributed by atoms with Gasteiger partial charge in [-0.15, -0.1) is 22.9 Å². The van der Waals surface area contributed by atoms with Crippen LogP contribution in [0.4, 0.5) is 0 Å². The molecule has 0 N–H and O–H groups in total. The monoisotopic (exact) mass is 295 g/mol. The summed E-state index contributed by atoms with van der Waals surface area (Å²) in [5, 5.41) is 3.16. The molecule has 1 aromatic carbocycles. The van der Waals surface area contributed by atoms with Gasteiger partial charge < -0.3 is 4.74 Å². The fourth-order valence-electron chi connectivity index (χ4n) is 1.74. The van der Waals surface area contributed by atoms with Gasteiger partial charge in [0.1, 0.15) is 5.75 Å². The molecule has 2 aromatic rings. The van der Waals surface area contributed by atoms with Crippen LogP contribution < -0.4 is 4.74 Å². The molecule has 0 atom stereocenters. The standard InChI is InChI=1S/C15H18ClNOS/c1-11-5-6-14(8-12(11)2)18-7-3-4-15-17-13(9-16)10-19-15/h5-6,8,10H,3-4,7,9H2,1-2H3. The van der Waals surface area contributed by atoms with Crippen molar-refractivity contribution in [2.75, 3.05) is 6.61 Å². The van der Waals surface area contributed by atoms with E-state index < -0.39 is 0 Å². The van der Waals surface area contributed by atoms with E-state index in [1.165, 1.54) is 11.1 Å². The highest BCUT2D eigenvalue weighted by Crippen LogP contribution is 2.17. The molecule has 0 aliphatic carbocycles. The minimum absolute atomic E-state index is 0.496. The summed E-state index contributed by atoms with van der Waals surface area (Å²) in [7, 11) is 0. The van der Waals surface area contributed by atoms with Gasteiger partial charge in [-0.1, -0.05) is 6.07 Å². The number of alkyl halides is 1. The average Bonchev–Trinajstić information content (AvgIpc) is 2.87. The molecule has 0 fully saturated rings. The first-order valence-electron chi connectivity index (χ1n) is 6.38. The number of nitrogens with zero attached hydrogens (tertiary/aromatic N) is 1. The van der Waals surface area contributed by atoms with Crippen LogP contribution in [-0.4, -0.2) is 11.6 Å². The Labute approximate surface area is 123 Å². The van der Waals surface area contributed by atoms with E-state index in [9.17, 15) is 0 Å². The van der Waals surface area contributed by atoms with Crippen LogP contribution in [0.1, 0.15) is 28.2 Å². The molecule has 4 heteroatoms. The lowest BCUT2D eigenvalue weighted by Gasteiger charge is -2.07. The molecule has 2 rings (SSSR count). The summed E-state index contributed by atoms with van der Waals surface area (Å²) < 4.78 is 5.75. The number of ether oxygens (including phenoxy) is 1. The first-order valence-corrected chi connectivity index (χ1v) is 7.80. The third-order valence-electron chi connectivity index (χ3n) is 3.02. The molecule has 0 saturated heterocycles. The number of benzene rings is 1. The second kappa shape index (κ2) is 6.92. The Balaban J connectivity index is 1.75. The van der Waals surface area contributed by atoms with Crippen LogP contribution in [0, 0.1) is 13.8 Å². The first-order chi connectivity index (χ1) is 9.19. The zero-order valence-corrected chi connectivity index (χ0v) is 12.9. The number of hydrogen-bond acceptors (Lipinski definition) is 3. The summed E-state index contributed by atoms with van der Waals surface area (Å²) in [6.45, 7) is 4.93. The van der Waals surface area contributed by atoms with Crippen molar-refractivity contribution >= 4 is 22.9 Å². The predicted molar refractivity (Wildman–Crippen MR) is 81.4 cm³/mol. The smallest absolute Gasteiger partial charge is 0.119 e. The zero-order valence-electron chi connectivity index (χ0n) is 11.3. The van der Waals surface area contributed by atoms with Gasteiger partial charge >= 0.3 is 0 Å². The van der Waals surface area contributed by atoms with Crippen molar-refractivity contribution in [2.45, 2.75) is 32.6 Å². The molecule has 0 radical (unpaired) electrons. The summed E-state index contributed by atoms with van der Waals surface area (Å²) in [6.07, 6.45) is 1.93. The Morgan fingerprint density at radius 1 is 1.26 bits per heavy atom. The molecule has 19 heavy (non-hydrogen) atoms. The summed E-state index contributed by atoms with van der Waals surface area (Å²) in [4.78, 5) is 4.43. The van der Waals surface area contributed by atoms with E-state index >= 15 is 0 Å². The van der Waals surface area contributed by atoms with E-state index in [1.807, 2.05) is 11.4 Å². The maximum Gasteiger partial charge on any atom is 0.119 e. The molecule has 0 amide bonds. The van der Waals surface area contributed by atoms with Crippen LogP contribution in [0.15, 0.2) is 23.6 Å². The Kier molecular flexibility index (Phi) is 5.23. The van der Waals surface area contributed by atoms with Crippen LogP contribution in [0.2, 0.25) is 0 Å². The van der Waals surface area contributed by atoms with Crippen LogP contribution in [0.25, 0.3) is 0 Å². The Morgan fingerprint density at radius 2 is 2.11 bits per heavy atom. The lowest BCUT2D eigenvalue weighted by atomic mass is 10.1. The molecule has 0 spiro atoms. The highest BCUT2D eigenvalue weighted by Gasteiger charge is 2.02. The van der Waals surface area contributed by atoms with Crippen molar-refractivity contribution in [1.29, 1.82) is 0 Å². The summed E-state index contributed by atoms with van der Waals surface area (Å²) in [5.74, 6) is 1.44. The molecule has 1 heterocycles. The van der Waals surface area contributed by atoms with Gasteiger partial charge in [0.15, 0.2) is 0 Å². The van der Waals surface area contributed by atoms with Gasteiger partial charge in [-0.05, 0) is 43.5 Å². The first kappa shape index (κ1) is 14.4. The lowest BCUT2D eigenvalue weighted by molar-refractivity contribution is 0.310. The number of hydrogen-bond donors (Lipinski definition) is 0. The van der Waals surface area contributed by atoms with Crippen molar-refractivity contribution in [1.82, 2.24) is 4.98 Å². The van der Waals surface area contributed by atoms with Gasteiger partial charge in [-0.25, -0.2) is 4.98 Å². The van der Waals surface area contributed by atoms with Crippen molar-refractivity contribution in [3.05, 3.63) is 45.4 Å². The van der Waals surface area contributed by atoms with Crippen molar-refractivity contribution in [3.8, 4) is 5.75 Å². The van der Waals surface area contributed by atoms with E-state index in [1.54, 1.807) is 11.3 Å². The summed E-state index contributed by atoms with van der Waals surface area (Å²) in [5.41, 5.74) is 3.53. The predicted octanol–water partition coefficient (Wildman–Crippen LogP) is 4.51. The minimum atomic E-state index is 0.496. The fourth-order valence-corrected chi connectivity index (χ4v) is 2.81. The maximum atomic E-state index is 5.75. The molecule has 2 nitrogen and oxygen atoms in total. The largest absolute Gasteiger partial charge is 0.494 e. The Hall–Kier alpha value is -1.06. The van der Waals surface area contributed by atoms with Crippen LogP contribution in [-0.2, 0) is 12.3 Å². The average molecular weight is 296 g/mol. The molecule has 0 aliphatic rings. The highest BCUT2D eigenvalue weighted by atomic mass is 35.5. The highest BCUT2D eigenvalue weighted by molar-refractivity contribution is 7.09. The Morgan fingerprint density at radius 3 is 2.79 bits per heavy atom. The fraction of sp³-hybridized carbons (Fsp3) is 0.400. The third-order valence-corrected chi connectivity index (χ3v) is 4.25. The van der Waals surface area contributed by atoms with E-state index in [0.717, 1.165) is 35.9 Å². The quantitative estimate of drug-likeness (QED) is 0.578. The molecule has 0 aliphatic heterocycles. The summed E-state index contributed by atoms with van der Waals surface area (Å²) >= 11 is 7.40. The van der Waals surface area contributed by atoms with Crippen molar-refractivity contribution in [2.24, 2.45) is 0 Å².